The Hall–Kier alpha value is -3.35. The Labute approximate surface area is 232 Å². The van der Waals surface area contributed by atoms with Crippen LogP contribution < -0.4 is 5.09 Å². The standard InChI is InChI=1S/C30H29ClF2N3O2P/c31-30(32,33)29(37)34-39(38,35(21-25-13-5-1-6-14-25)22-26-15-7-2-8-16-26)36(23-27-17-9-3-10-18-27)24-28-19-11-4-12-20-28/h1-20H,21-24H2,(H,34,37,38). The third-order valence-electron chi connectivity index (χ3n) is 6.10. The first-order chi connectivity index (χ1) is 18.7. The zero-order chi connectivity index (χ0) is 27.7. The maximum Gasteiger partial charge on any atom is 0.400 e. The fraction of sp³-hybridized carbons (Fsp3) is 0.167. The lowest BCUT2D eigenvalue weighted by atomic mass is 10.2. The van der Waals surface area contributed by atoms with E-state index >= 15 is 4.57 Å². The van der Waals surface area contributed by atoms with Gasteiger partial charge in [0.25, 0.3) is 0 Å². The molecule has 4 aromatic rings. The van der Waals surface area contributed by atoms with E-state index in [1.54, 1.807) is 9.34 Å². The van der Waals surface area contributed by atoms with Crippen LogP contribution in [0.15, 0.2) is 121 Å². The Morgan fingerprint density at radius 1 is 0.615 bits per heavy atom. The van der Waals surface area contributed by atoms with Crippen LogP contribution in [0.5, 0.6) is 0 Å². The molecule has 1 N–H and O–H groups in total. The SMILES string of the molecule is O=C(NP(=O)(N(Cc1ccccc1)Cc1ccccc1)N(Cc1ccccc1)Cc1ccccc1)C(F)(F)Cl. The van der Waals surface area contributed by atoms with E-state index in [1.165, 1.54) is 0 Å². The van der Waals surface area contributed by atoms with Crippen LogP contribution in [0.3, 0.4) is 0 Å². The molecule has 0 aliphatic carbocycles. The molecule has 9 heteroatoms. The van der Waals surface area contributed by atoms with E-state index in [4.69, 9.17) is 11.6 Å². The highest BCUT2D eigenvalue weighted by molar-refractivity contribution is 7.57. The van der Waals surface area contributed by atoms with Gasteiger partial charge in [0, 0.05) is 26.2 Å². The van der Waals surface area contributed by atoms with E-state index in [0.717, 1.165) is 22.3 Å². The molecule has 39 heavy (non-hydrogen) atoms. The summed E-state index contributed by atoms with van der Waals surface area (Å²) in [7, 11) is -4.25. The Kier molecular flexibility index (Phi) is 9.65. The van der Waals surface area contributed by atoms with Gasteiger partial charge in [0.2, 0.25) is 0 Å². The normalized spacial score (nSPS) is 12.0. The molecular weight excluding hydrogens is 539 g/mol. The quantitative estimate of drug-likeness (QED) is 0.143. The molecule has 202 valence electrons. The van der Waals surface area contributed by atoms with Crippen molar-refractivity contribution in [2.75, 3.05) is 0 Å². The number of nitrogens with zero attached hydrogens (tertiary/aromatic N) is 2. The summed E-state index contributed by atoms with van der Waals surface area (Å²) in [5.74, 6) is -1.82. The average molecular weight is 568 g/mol. The molecule has 0 heterocycles. The van der Waals surface area contributed by atoms with Gasteiger partial charge in [-0.05, 0) is 33.9 Å². The summed E-state index contributed by atoms with van der Waals surface area (Å²) in [5.41, 5.74) is 3.22. The number of rotatable bonds is 12. The van der Waals surface area contributed by atoms with Crippen LogP contribution in [0.4, 0.5) is 8.78 Å². The highest BCUT2D eigenvalue weighted by Crippen LogP contribution is 2.53. The minimum absolute atomic E-state index is 0.126. The van der Waals surface area contributed by atoms with Crippen molar-refractivity contribution in [2.45, 2.75) is 31.6 Å². The molecule has 0 aliphatic rings. The minimum Gasteiger partial charge on any atom is -0.276 e. The van der Waals surface area contributed by atoms with Crippen molar-refractivity contribution in [3.8, 4) is 0 Å². The van der Waals surface area contributed by atoms with Crippen LogP contribution in [0.2, 0.25) is 0 Å². The first-order valence-electron chi connectivity index (χ1n) is 12.4. The fourth-order valence-electron chi connectivity index (χ4n) is 4.19. The number of halogens is 3. The minimum atomic E-state index is -4.25. The highest BCUT2D eigenvalue weighted by Gasteiger charge is 2.45. The Morgan fingerprint density at radius 2 is 0.872 bits per heavy atom. The number of carbonyl (C=O) groups excluding carboxylic acids is 1. The number of hydrogen-bond donors (Lipinski definition) is 1. The predicted molar refractivity (Wildman–Crippen MR) is 151 cm³/mol. The molecule has 0 saturated carbocycles. The molecule has 4 rings (SSSR count). The molecule has 0 saturated heterocycles. The zero-order valence-electron chi connectivity index (χ0n) is 21.2. The van der Waals surface area contributed by atoms with Gasteiger partial charge in [0.05, 0.1) is 0 Å². The van der Waals surface area contributed by atoms with Gasteiger partial charge in [-0.15, -0.1) is 0 Å². The van der Waals surface area contributed by atoms with Crippen molar-refractivity contribution in [1.29, 1.82) is 0 Å². The van der Waals surface area contributed by atoms with Gasteiger partial charge in [-0.1, -0.05) is 121 Å². The second-order valence-corrected chi connectivity index (χ2v) is 12.0. The van der Waals surface area contributed by atoms with Crippen molar-refractivity contribution in [2.24, 2.45) is 0 Å². The van der Waals surface area contributed by atoms with E-state index in [1.807, 2.05) is 121 Å². The summed E-state index contributed by atoms with van der Waals surface area (Å²) >= 11 is 5.14. The molecule has 0 radical (unpaired) electrons. The summed E-state index contributed by atoms with van der Waals surface area (Å²) in [4.78, 5) is 12.7. The molecule has 0 aromatic heterocycles. The van der Waals surface area contributed by atoms with Crippen molar-refractivity contribution in [3.63, 3.8) is 0 Å². The lowest BCUT2D eigenvalue weighted by molar-refractivity contribution is -0.134. The summed E-state index contributed by atoms with van der Waals surface area (Å²) in [6, 6.07) is 37.1. The maximum absolute atomic E-state index is 15.2. The first kappa shape index (κ1) is 28.7. The molecule has 4 aromatic carbocycles. The lowest BCUT2D eigenvalue weighted by Gasteiger charge is -2.39. The molecular formula is C30H29ClF2N3O2P. The number of nitrogens with one attached hydrogen (secondary N) is 1. The third kappa shape index (κ3) is 8.07. The molecule has 0 aliphatic heterocycles. The number of alkyl halides is 3. The van der Waals surface area contributed by atoms with Crippen molar-refractivity contribution >= 4 is 25.1 Å². The van der Waals surface area contributed by atoms with E-state index in [9.17, 15) is 13.6 Å². The first-order valence-corrected chi connectivity index (χ1v) is 14.4. The van der Waals surface area contributed by atoms with Crippen LogP contribution in [0, 0.1) is 0 Å². The van der Waals surface area contributed by atoms with Gasteiger partial charge in [0.15, 0.2) is 0 Å². The molecule has 0 fully saturated rings. The lowest BCUT2D eigenvalue weighted by Crippen LogP contribution is -2.44. The smallest absolute Gasteiger partial charge is 0.276 e. The van der Waals surface area contributed by atoms with Gasteiger partial charge in [-0.3, -0.25) is 14.4 Å². The number of carbonyl (C=O) groups is 1. The van der Waals surface area contributed by atoms with Gasteiger partial charge in [-0.25, -0.2) is 9.34 Å². The van der Waals surface area contributed by atoms with Crippen LogP contribution in [-0.2, 0) is 35.5 Å². The van der Waals surface area contributed by atoms with Gasteiger partial charge >= 0.3 is 18.9 Å². The molecule has 1 amide bonds. The van der Waals surface area contributed by atoms with Crippen molar-refractivity contribution in [3.05, 3.63) is 144 Å². The van der Waals surface area contributed by atoms with Gasteiger partial charge < -0.3 is 0 Å². The van der Waals surface area contributed by atoms with Gasteiger partial charge in [0.1, 0.15) is 0 Å². The number of hydrogen-bond acceptors (Lipinski definition) is 2. The zero-order valence-corrected chi connectivity index (χ0v) is 22.8. The second-order valence-electron chi connectivity index (χ2n) is 9.07. The summed E-state index contributed by atoms with van der Waals surface area (Å²) in [6.07, 6.45) is 0. The van der Waals surface area contributed by atoms with E-state index in [2.05, 4.69) is 5.09 Å². The average Bonchev–Trinajstić information content (AvgIpc) is 2.94. The predicted octanol–water partition coefficient (Wildman–Crippen LogP) is 7.45. The summed E-state index contributed by atoms with van der Waals surface area (Å²) in [6.45, 7) is 0.505. The molecule has 0 bridgehead atoms. The van der Waals surface area contributed by atoms with Gasteiger partial charge in [-0.2, -0.15) is 8.78 Å². The summed E-state index contributed by atoms with van der Waals surface area (Å²) < 4.78 is 46.5. The summed E-state index contributed by atoms with van der Waals surface area (Å²) in [5, 5.41) is -2.04. The molecule has 0 atom stereocenters. The molecule has 5 nitrogen and oxygen atoms in total. The van der Waals surface area contributed by atoms with Crippen molar-refractivity contribution in [1.82, 2.24) is 14.4 Å². The molecule has 0 unspecified atom stereocenters. The number of benzene rings is 4. The van der Waals surface area contributed by atoms with E-state index in [0.29, 0.717) is 0 Å². The van der Waals surface area contributed by atoms with Crippen LogP contribution in [-0.4, -0.2) is 20.6 Å². The molecule has 0 spiro atoms. The van der Waals surface area contributed by atoms with Crippen molar-refractivity contribution < 1.29 is 18.1 Å². The van der Waals surface area contributed by atoms with Crippen LogP contribution >= 0.6 is 19.2 Å². The number of amides is 1. The maximum atomic E-state index is 15.2. The van der Waals surface area contributed by atoms with E-state index in [-0.39, 0.29) is 26.2 Å². The monoisotopic (exact) mass is 567 g/mol. The Balaban J connectivity index is 1.84. The topological polar surface area (TPSA) is 52.7 Å². The van der Waals surface area contributed by atoms with Crippen LogP contribution in [0.1, 0.15) is 22.3 Å². The van der Waals surface area contributed by atoms with Crippen LogP contribution in [0.25, 0.3) is 0 Å². The fourth-order valence-corrected chi connectivity index (χ4v) is 6.77. The van der Waals surface area contributed by atoms with E-state index < -0.39 is 18.9 Å². The second kappa shape index (κ2) is 13.1. The highest BCUT2D eigenvalue weighted by atomic mass is 35.5. The Morgan fingerprint density at radius 3 is 1.10 bits per heavy atom. The Bertz CT molecular complexity index is 1200. The third-order valence-corrected chi connectivity index (χ3v) is 8.87. The largest absolute Gasteiger partial charge is 0.400 e.